The Balaban J connectivity index is 0.937. The maximum absolute atomic E-state index is 7.16. The van der Waals surface area contributed by atoms with Crippen LogP contribution in [0.5, 0.6) is 23.0 Å². The Hall–Kier alpha value is -7.36. The predicted octanol–water partition coefficient (Wildman–Crippen LogP) is 15.5. The van der Waals surface area contributed by atoms with Crippen LogP contribution in [0.1, 0.15) is 60.1 Å². The van der Waals surface area contributed by atoms with Gasteiger partial charge in [-0.05, 0) is 134 Å². The fraction of sp³-hybridized carbons (Fsp3) is 0.103. The zero-order valence-corrected chi connectivity index (χ0v) is 34.1. The number of rotatable bonds is 4. The standard InChI is InChI=1S/C58H41NO2/c1-57(2)45-24-10-6-20-40(45)43-31-30-37(35-50(43)57)36-16-14-19-39(34-36)59(38-17-4-3-5-18-38)51-28-15-29-52-55(51)60-53-33-32-49-54(56(53)61-52)44-23-9-13-27-48(44)58(49)46-25-11-7-21-41(46)42-22-8-12-26-47(42)58/h3-7,9-11,13-35H,8,12H2,1-2H3. The molecule has 4 aliphatic carbocycles. The monoisotopic (exact) mass is 783 g/mol. The maximum Gasteiger partial charge on any atom is 0.194 e. The molecule has 0 saturated carbocycles. The molecule has 0 amide bonds. The van der Waals surface area contributed by atoms with Crippen LogP contribution >= 0.6 is 0 Å². The van der Waals surface area contributed by atoms with Gasteiger partial charge in [-0.2, -0.15) is 0 Å². The third-order valence-electron chi connectivity index (χ3n) is 14.0. The quantitative estimate of drug-likeness (QED) is 0.177. The van der Waals surface area contributed by atoms with Gasteiger partial charge in [0.25, 0.3) is 0 Å². The first-order valence-corrected chi connectivity index (χ1v) is 21.5. The second kappa shape index (κ2) is 12.6. The van der Waals surface area contributed by atoms with Crippen molar-refractivity contribution in [3.8, 4) is 56.4 Å². The highest BCUT2D eigenvalue weighted by Gasteiger charge is 2.55. The zero-order chi connectivity index (χ0) is 40.5. The topological polar surface area (TPSA) is 21.7 Å². The van der Waals surface area contributed by atoms with Gasteiger partial charge < -0.3 is 14.4 Å². The van der Waals surface area contributed by atoms with Gasteiger partial charge in [-0.25, -0.2) is 0 Å². The van der Waals surface area contributed by atoms with Gasteiger partial charge in [0.1, 0.15) is 0 Å². The lowest BCUT2D eigenvalue weighted by Gasteiger charge is -2.33. The highest BCUT2D eigenvalue weighted by Crippen LogP contribution is 2.68. The normalized spacial score (nSPS) is 17.5. The van der Waals surface area contributed by atoms with Crippen molar-refractivity contribution in [2.45, 2.75) is 37.5 Å². The minimum atomic E-state index is -0.414. The van der Waals surface area contributed by atoms with Crippen LogP contribution in [0.15, 0.2) is 194 Å². The Kier molecular flexibility index (Phi) is 7.11. The maximum atomic E-state index is 7.16. The van der Waals surface area contributed by atoms with Crippen molar-refractivity contribution in [3.05, 3.63) is 227 Å². The fourth-order valence-electron chi connectivity index (χ4n) is 11.4. The average Bonchev–Trinajstić information content (AvgIpc) is 3.88. The summed E-state index contributed by atoms with van der Waals surface area (Å²) in [6.07, 6.45) is 7.02. The second-order valence-electron chi connectivity index (χ2n) is 17.4. The minimum Gasteiger partial charge on any atom is -0.449 e. The summed E-state index contributed by atoms with van der Waals surface area (Å²) in [5.41, 5.74) is 20.5. The molecule has 1 spiro atoms. The summed E-state index contributed by atoms with van der Waals surface area (Å²) in [7, 11) is 0. The van der Waals surface area contributed by atoms with Crippen LogP contribution in [0.2, 0.25) is 0 Å². The van der Waals surface area contributed by atoms with Crippen LogP contribution < -0.4 is 14.4 Å². The molecule has 0 fully saturated rings. The number of anilines is 3. The molecule has 290 valence electrons. The zero-order valence-electron chi connectivity index (χ0n) is 34.1. The molecular weight excluding hydrogens is 743 g/mol. The SMILES string of the molecule is CC1(C)c2ccccc2-c2ccc(-c3cccc(N(c4ccccc4)c4cccc5c4Oc4ccc6c(c4O5)-c4ccccc4C64C5=CCCC=C5c5ccccc54)c3)cc21. The van der Waals surface area contributed by atoms with Crippen LogP contribution in [0.25, 0.3) is 39.0 Å². The number of fused-ring (bicyclic) bond motifs is 16. The fourth-order valence-corrected chi connectivity index (χ4v) is 11.4. The molecule has 1 aliphatic heterocycles. The Morgan fingerprint density at radius 2 is 1.08 bits per heavy atom. The molecule has 0 aromatic heterocycles. The van der Waals surface area contributed by atoms with E-state index in [4.69, 9.17) is 9.47 Å². The third-order valence-corrected chi connectivity index (χ3v) is 14.0. The van der Waals surface area contributed by atoms with Crippen LogP contribution in [-0.2, 0) is 10.8 Å². The molecular formula is C58H41NO2. The lowest BCUT2D eigenvalue weighted by atomic mass is 9.69. The predicted molar refractivity (Wildman–Crippen MR) is 248 cm³/mol. The first-order valence-electron chi connectivity index (χ1n) is 21.5. The van der Waals surface area contributed by atoms with Gasteiger partial charge in [0.15, 0.2) is 23.0 Å². The van der Waals surface area contributed by atoms with E-state index in [1.165, 1.54) is 66.8 Å². The van der Waals surface area contributed by atoms with Gasteiger partial charge in [-0.1, -0.05) is 153 Å². The van der Waals surface area contributed by atoms with Gasteiger partial charge >= 0.3 is 0 Å². The van der Waals surface area contributed by atoms with E-state index in [1.807, 2.05) is 6.07 Å². The molecule has 1 heterocycles. The first kappa shape index (κ1) is 34.5. The van der Waals surface area contributed by atoms with Crippen LogP contribution in [0.3, 0.4) is 0 Å². The number of allylic oxidation sites excluding steroid dienone is 4. The van der Waals surface area contributed by atoms with Crippen molar-refractivity contribution in [1.82, 2.24) is 0 Å². The van der Waals surface area contributed by atoms with E-state index in [1.54, 1.807) is 0 Å². The largest absolute Gasteiger partial charge is 0.449 e. The van der Waals surface area contributed by atoms with Gasteiger partial charge in [0.2, 0.25) is 0 Å². The number of benzene rings is 8. The summed E-state index contributed by atoms with van der Waals surface area (Å²) in [5, 5.41) is 0. The summed E-state index contributed by atoms with van der Waals surface area (Å²) in [4.78, 5) is 2.29. The van der Waals surface area contributed by atoms with E-state index in [9.17, 15) is 0 Å². The highest BCUT2D eigenvalue weighted by atomic mass is 16.6. The number of ether oxygens (including phenoxy) is 2. The van der Waals surface area contributed by atoms with E-state index in [0.29, 0.717) is 17.2 Å². The molecule has 1 atom stereocenters. The second-order valence-corrected chi connectivity index (χ2v) is 17.4. The van der Waals surface area contributed by atoms with Crippen molar-refractivity contribution in [3.63, 3.8) is 0 Å². The van der Waals surface area contributed by atoms with Crippen molar-refractivity contribution >= 4 is 22.6 Å². The number of para-hydroxylation sites is 2. The smallest absolute Gasteiger partial charge is 0.194 e. The van der Waals surface area contributed by atoms with Gasteiger partial charge in [0.05, 0.1) is 11.1 Å². The summed E-state index contributed by atoms with van der Waals surface area (Å²) < 4.78 is 14.3. The average molecular weight is 784 g/mol. The number of hydrogen-bond acceptors (Lipinski definition) is 3. The van der Waals surface area contributed by atoms with Gasteiger partial charge in [-0.15, -0.1) is 0 Å². The molecule has 0 radical (unpaired) electrons. The summed E-state index contributed by atoms with van der Waals surface area (Å²) in [5.74, 6) is 2.87. The summed E-state index contributed by atoms with van der Waals surface area (Å²) in [6, 6.07) is 63.8. The molecule has 0 bridgehead atoms. The Morgan fingerprint density at radius 1 is 0.443 bits per heavy atom. The van der Waals surface area contributed by atoms with E-state index in [-0.39, 0.29) is 5.41 Å². The molecule has 5 aliphatic rings. The molecule has 13 rings (SSSR count). The van der Waals surface area contributed by atoms with Gasteiger partial charge in [0, 0.05) is 22.4 Å². The van der Waals surface area contributed by atoms with E-state index >= 15 is 0 Å². The number of nitrogens with zero attached hydrogens (tertiary/aromatic N) is 1. The number of hydrogen-bond donors (Lipinski definition) is 0. The molecule has 61 heavy (non-hydrogen) atoms. The minimum absolute atomic E-state index is 0.0795. The van der Waals surface area contributed by atoms with E-state index in [0.717, 1.165) is 46.8 Å². The molecule has 8 aromatic carbocycles. The third kappa shape index (κ3) is 4.64. The Bertz CT molecular complexity index is 3240. The molecule has 1 unspecified atom stereocenters. The van der Waals surface area contributed by atoms with Crippen molar-refractivity contribution in [2.75, 3.05) is 4.90 Å². The Labute approximate surface area is 356 Å². The van der Waals surface area contributed by atoms with Gasteiger partial charge in [-0.3, -0.25) is 0 Å². The summed E-state index contributed by atoms with van der Waals surface area (Å²) >= 11 is 0. The van der Waals surface area contributed by atoms with E-state index < -0.39 is 5.41 Å². The molecule has 8 aromatic rings. The van der Waals surface area contributed by atoms with E-state index in [2.05, 4.69) is 201 Å². The molecule has 0 N–H and O–H groups in total. The first-order chi connectivity index (χ1) is 30.0. The van der Waals surface area contributed by atoms with Crippen LogP contribution in [0.4, 0.5) is 17.1 Å². The molecule has 3 heteroatoms. The lowest BCUT2D eigenvalue weighted by Crippen LogP contribution is -2.26. The Morgan fingerprint density at radius 3 is 1.93 bits per heavy atom. The highest BCUT2D eigenvalue weighted by molar-refractivity contribution is 6.02. The summed E-state index contributed by atoms with van der Waals surface area (Å²) in [6.45, 7) is 4.68. The van der Waals surface area contributed by atoms with Crippen molar-refractivity contribution in [1.29, 1.82) is 0 Å². The molecule has 3 nitrogen and oxygen atoms in total. The lowest BCUT2D eigenvalue weighted by molar-refractivity contribution is 0.361. The van der Waals surface area contributed by atoms with Crippen LogP contribution in [0, 0.1) is 0 Å². The van der Waals surface area contributed by atoms with Crippen LogP contribution in [-0.4, -0.2) is 0 Å². The van der Waals surface area contributed by atoms with Crippen molar-refractivity contribution in [2.24, 2.45) is 0 Å². The van der Waals surface area contributed by atoms with Crippen molar-refractivity contribution < 1.29 is 9.47 Å². The molecule has 0 saturated heterocycles.